The lowest BCUT2D eigenvalue weighted by Crippen LogP contribution is -2.20. The Hall–Kier alpha value is -0.0400. The Labute approximate surface area is 72.8 Å². The van der Waals surface area contributed by atoms with Gasteiger partial charge in [0.15, 0.2) is 0 Å². The van der Waals surface area contributed by atoms with Gasteiger partial charge in [0.2, 0.25) is 0 Å². The van der Waals surface area contributed by atoms with Crippen LogP contribution in [0.1, 0.15) is 60.2 Å². The summed E-state index contributed by atoms with van der Waals surface area (Å²) in [5.74, 6) is 0. The molecule has 2 N–H and O–H groups in total. The zero-order valence-electron chi connectivity index (χ0n) is 8.10. The molecule has 0 amide bonds. The van der Waals surface area contributed by atoms with Gasteiger partial charge in [0, 0.05) is 7.47 Å². The van der Waals surface area contributed by atoms with Crippen molar-refractivity contribution in [2.75, 3.05) is 0 Å². The van der Waals surface area contributed by atoms with E-state index in [1.807, 2.05) is 13.8 Å². The minimum absolute atomic E-state index is 0. The molecule has 1 aliphatic rings. The molecule has 0 saturated heterocycles. The minimum atomic E-state index is 0. The van der Waals surface area contributed by atoms with E-state index in [0.29, 0.717) is 6.04 Å². The summed E-state index contributed by atoms with van der Waals surface area (Å²) in [6, 6.07) is 0.519. The topological polar surface area (TPSA) is 26.0 Å². The normalized spacial score (nSPS) is 21.0. The predicted octanol–water partition coefficient (Wildman–Crippen LogP) is 3.33. The van der Waals surface area contributed by atoms with Crippen LogP contribution in [0.5, 0.6) is 0 Å². The van der Waals surface area contributed by atoms with Gasteiger partial charge in [0.1, 0.15) is 0 Å². The summed E-state index contributed by atoms with van der Waals surface area (Å²) in [6.07, 6.45) is 9.51. The van der Waals surface area contributed by atoms with Crippen LogP contribution in [0.25, 0.3) is 0 Å². The molecule has 0 bridgehead atoms. The molecule has 0 aromatic rings. The maximum Gasteiger partial charge on any atom is 0.00388 e. The summed E-state index contributed by atoms with van der Waals surface area (Å²) in [4.78, 5) is 0. The van der Waals surface area contributed by atoms with Crippen LogP contribution in [0.2, 0.25) is 0 Å². The smallest absolute Gasteiger partial charge is 0.00388 e. The third kappa shape index (κ3) is 6.36. The molecule has 0 heterocycles. The molecular formula is C10H25N. The Morgan fingerprint density at radius 1 is 0.909 bits per heavy atom. The lowest BCUT2D eigenvalue weighted by Gasteiger charge is -2.13. The number of rotatable bonds is 0. The van der Waals surface area contributed by atoms with Crippen molar-refractivity contribution >= 4 is 0 Å². The van der Waals surface area contributed by atoms with Crippen molar-refractivity contribution < 1.29 is 1.43 Å². The van der Waals surface area contributed by atoms with Gasteiger partial charge >= 0.3 is 0 Å². The van der Waals surface area contributed by atoms with Crippen LogP contribution < -0.4 is 5.73 Å². The summed E-state index contributed by atoms with van der Waals surface area (Å²) in [6.45, 7) is 4.00. The first kappa shape index (κ1) is 11.0. The number of hydrogen-bond acceptors (Lipinski definition) is 1. The van der Waals surface area contributed by atoms with Crippen molar-refractivity contribution in [3.8, 4) is 0 Å². The van der Waals surface area contributed by atoms with Crippen molar-refractivity contribution in [3.63, 3.8) is 0 Å². The third-order valence-corrected chi connectivity index (χ3v) is 2.15. The summed E-state index contributed by atoms with van der Waals surface area (Å²) < 4.78 is 0. The predicted molar refractivity (Wildman–Crippen MR) is 53.8 cm³/mol. The van der Waals surface area contributed by atoms with Gasteiger partial charge in [-0.15, -0.1) is 0 Å². The standard InChI is InChI=1S/C8H17N.C2H6.H2/c9-8-6-4-2-1-3-5-7-8;1-2;/h8H,1-7,9H2;1-2H3;1H. The van der Waals surface area contributed by atoms with E-state index in [9.17, 15) is 0 Å². The summed E-state index contributed by atoms with van der Waals surface area (Å²) in [5.41, 5.74) is 5.80. The fourth-order valence-electron chi connectivity index (χ4n) is 1.49. The van der Waals surface area contributed by atoms with Crippen molar-refractivity contribution in [2.45, 2.75) is 64.8 Å². The zero-order chi connectivity index (χ0) is 8.53. The fourth-order valence-corrected chi connectivity index (χ4v) is 1.49. The third-order valence-electron chi connectivity index (χ3n) is 2.15. The Morgan fingerprint density at radius 3 is 1.73 bits per heavy atom. The first-order valence-electron chi connectivity index (χ1n) is 5.15. The highest BCUT2D eigenvalue weighted by molar-refractivity contribution is 4.64. The largest absolute Gasteiger partial charge is 0.328 e. The fraction of sp³-hybridized carbons (Fsp3) is 1.00. The molecule has 0 atom stereocenters. The first-order valence-corrected chi connectivity index (χ1v) is 5.15. The Bertz CT molecular complexity index is 68.2. The molecule has 70 valence electrons. The SMILES string of the molecule is CC.NC1CCCCCCC1.[HH]. The molecule has 1 rings (SSSR count). The van der Waals surface area contributed by atoms with Crippen molar-refractivity contribution in [1.29, 1.82) is 0 Å². The van der Waals surface area contributed by atoms with E-state index in [4.69, 9.17) is 5.73 Å². The maximum atomic E-state index is 5.80. The zero-order valence-corrected chi connectivity index (χ0v) is 8.10. The maximum absolute atomic E-state index is 5.80. The molecule has 1 saturated carbocycles. The minimum Gasteiger partial charge on any atom is -0.328 e. The number of nitrogens with two attached hydrogens (primary N) is 1. The van der Waals surface area contributed by atoms with Gasteiger partial charge in [0.25, 0.3) is 0 Å². The van der Waals surface area contributed by atoms with E-state index in [2.05, 4.69) is 0 Å². The highest BCUT2D eigenvalue weighted by Crippen LogP contribution is 2.15. The second-order valence-corrected chi connectivity index (χ2v) is 3.11. The molecule has 1 fully saturated rings. The lowest BCUT2D eigenvalue weighted by atomic mass is 9.98. The average Bonchev–Trinajstić information content (AvgIpc) is 2.01. The molecule has 0 aromatic carbocycles. The van der Waals surface area contributed by atoms with E-state index in [-0.39, 0.29) is 1.43 Å². The number of hydrogen-bond donors (Lipinski definition) is 1. The van der Waals surface area contributed by atoms with Crippen LogP contribution in [0, 0.1) is 0 Å². The molecule has 11 heavy (non-hydrogen) atoms. The molecule has 1 nitrogen and oxygen atoms in total. The van der Waals surface area contributed by atoms with Gasteiger partial charge in [-0.05, 0) is 12.8 Å². The molecule has 0 unspecified atom stereocenters. The van der Waals surface area contributed by atoms with Crippen LogP contribution in [-0.4, -0.2) is 6.04 Å². The average molecular weight is 159 g/mol. The molecular weight excluding hydrogens is 134 g/mol. The van der Waals surface area contributed by atoms with Gasteiger partial charge < -0.3 is 5.73 Å². The lowest BCUT2D eigenvalue weighted by molar-refractivity contribution is 0.453. The molecule has 1 heteroatoms. The highest BCUT2D eigenvalue weighted by Gasteiger charge is 2.04. The summed E-state index contributed by atoms with van der Waals surface area (Å²) >= 11 is 0. The van der Waals surface area contributed by atoms with Gasteiger partial charge in [-0.2, -0.15) is 0 Å². The van der Waals surface area contributed by atoms with Crippen molar-refractivity contribution in [3.05, 3.63) is 0 Å². The molecule has 0 spiro atoms. The Kier molecular flexibility index (Phi) is 8.03. The summed E-state index contributed by atoms with van der Waals surface area (Å²) in [7, 11) is 0. The highest BCUT2D eigenvalue weighted by atomic mass is 14.6. The molecule has 0 radical (unpaired) electrons. The van der Waals surface area contributed by atoms with E-state index >= 15 is 0 Å². The second kappa shape index (κ2) is 8.06. The van der Waals surface area contributed by atoms with Crippen LogP contribution in [0.4, 0.5) is 0 Å². The van der Waals surface area contributed by atoms with Crippen LogP contribution in [-0.2, 0) is 0 Å². The van der Waals surface area contributed by atoms with Crippen molar-refractivity contribution in [1.82, 2.24) is 0 Å². The second-order valence-electron chi connectivity index (χ2n) is 3.11. The van der Waals surface area contributed by atoms with Crippen LogP contribution in [0.15, 0.2) is 0 Å². The van der Waals surface area contributed by atoms with Gasteiger partial charge in [0.05, 0.1) is 0 Å². The first-order chi connectivity index (χ1) is 5.39. The van der Waals surface area contributed by atoms with E-state index in [1.165, 1.54) is 44.9 Å². The molecule has 0 aromatic heterocycles. The van der Waals surface area contributed by atoms with Crippen LogP contribution in [0.3, 0.4) is 0 Å². The van der Waals surface area contributed by atoms with Crippen LogP contribution >= 0.6 is 0 Å². The van der Waals surface area contributed by atoms with Gasteiger partial charge in [-0.25, -0.2) is 0 Å². The van der Waals surface area contributed by atoms with Crippen molar-refractivity contribution in [2.24, 2.45) is 5.73 Å². The van der Waals surface area contributed by atoms with E-state index in [1.54, 1.807) is 0 Å². The monoisotopic (exact) mass is 159 g/mol. The molecule has 0 aliphatic heterocycles. The van der Waals surface area contributed by atoms with E-state index in [0.717, 1.165) is 0 Å². The van der Waals surface area contributed by atoms with Gasteiger partial charge in [-0.1, -0.05) is 46.0 Å². The summed E-state index contributed by atoms with van der Waals surface area (Å²) in [5, 5.41) is 0. The van der Waals surface area contributed by atoms with E-state index < -0.39 is 0 Å². The Balaban J connectivity index is 0. The van der Waals surface area contributed by atoms with Gasteiger partial charge in [-0.3, -0.25) is 0 Å². The quantitative estimate of drug-likeness (QED) is 0.576. The Morgan fingerprint density at radius 2 is 1.27 bits per heavy atom. The molecule has 1 aliphatic carbocycles.